The third-order valence-corrected chi connectivity index (χ3v) is 5.41. The Kier molecular flexibility index (Phi) is 5.58. The van der Waals surface area contributed by atoms with Crippen molar-refractivity contribution in [3.8, 4) is 22.9 Å². The van der Waals surface area contributed by atoms with E-state index >= 15 is 0 Å². The van der Waals surface area contributed by atoms with Crippen molar-refractivity contribution in [2.24, 2.45) is 0 Å². The van der Waals surface area contributed by atoms with Crippen LogP contribution >= 0.6 is 24.0 Å². The van der Waals surface area contributed by atoms with Gasteiger partial charge in [0.2, 0.25) is 0 Å². The summed E-state index contributed by atoms with van der Waals surface area (Å²) in [4.78, 5) is 11.4. The van der Waals surface area contributed by atoms with Gasteiger partial charge in [-0.3, -0.25) is 0 Å². The van der Waals surface area contributed by atoms with E-state index in [9.17, 15) is 0 Å². The lowest BCUT2D eigenvalue weighted by Crippen LogP contribution is -2.16. The summed E-state index contributed by atoms with van der Waals surface area (Å²) in [6.45, 7) is 0. The number of rotatable bonds is 4. The van der Waals surface area contributed by atoms with Gasteiger partial charge in [0.15, 0.2) is 17.3 Å². The third-order valence-electron chi connectivity index (χ3n) is 3.75. The number of aromatic nitrogens is 2. The van der Waals surface area contributed by atoms with E-state index < -0.39 is 0 Å². The lowest BCUT2D eigenvalue weighted by atomic mass is 10.2. The highest BCUT2D eigenvalue weighted by atomic mass is 32.2. The van der Waals surface area contributed by atoms with Crippen molar-refractivity contribution in [1.29, 1.82) is 0 Å². The summed E-state index contributed by atoms with van der Waals surface area (Å²) in [5.41, 5.74) is 1.72. The zero-order valence-electron chi connectivity index (χ0n) is 15.0. The molecule has 7 heteroatoms. The van der Waals surface area contributed by atoms with E-state index in [0.717, 1.165) is 25.8 Å². The average Bonchev–Trinajstić information content (AvgIpc) is 2.67. The SMILES string of the molecule is COc1cc2nc(-c3ccccc3)nc(SC(=S)N(C)C)c2cc1OC. The molecule has 0 bridgehead atoms. The molecule has 0 amide bonds. The summed E-state index contributed by atoms with van der Waals surface area (Å²) in [6.07, 6.45) is 0. The number of ether oxygens (including phenoxy) is 2. The van der Waals surface area contributed by atoms with Crippen LogP contribution in [0.4, 0.5) is 0 Å². The number of thioether (sulfide) groups is 1. The van der Waals surface area contributed by atoms with E-state index in [1.807, 2.05) is 61.5 Å². The van der Waals surface area contributed by atoms with Crippen molar-refractivity contribution in [2.45, 2.75) is 5.03 Å². The summed E-state index contributed by atoms with van der Waals surface area (Å²) in [6, 6.07) is 13.6. The normalized spacial score (nSPS) is 10.6. The minimum absolute atomic E-state index is 0.629. The molecule has 0 aliphatic heterocycles. The predicted molar refractivity (Wildman–Crippen MR) is 110 cm³/mol. The number of fused-ring (bicyclic) bond motifs is 1. The standard InChI is InChI=1S/C19H19N3O2S2/c1-22(2)19(25)26-18-13-10-15(23-3)16(24-4)11-14(13)20-17(21-18)12-8-6-5-7-9-12/h5-11H,1-4H3. The molecule has 26 heavy (non-hydrogen) atoms. The fourth-order valence-electron chi connectivity index (χ4n) is 2.40. The second kappa shape index (κ2) is 7.88. The van der Waals surface area contributed by atoms with Gasteiger partial charge in [-0.2, -0.15) is 0 Å². The lowest BCUT2D eigenvalue weighted by Gasteiger charge is -2.15. The smallest absolute Gasteiger partial charge is 0.162 e. The maximum Gasteiger partial charge on any atom is 0.162 e. The van der Waals surface area contributed by atoms with Gasteiger partial charge < -0.3 is 14.4 Å². The zero-order chi connectivity index (χ0) is 18.7. The molecule has 5 nitrogen and oxygen atoms in total. The molecular formula is C19H19N3O2S2. The molecule has 0 spiro atoms. The van der Waals surface area contributed by atoms with Crippen LogP contribution in [-0.4, -0.2) is 47.5 Å². The van der Waals surface area contributed by atoms with E-state index in [2.05, 4.69) is 0 Å². The van der Waals surface area contributed by atoms with E-state index in [-0.39, 0.29) is 0 Å². The Morgan fingerprint density at radius 1 is 1.00 bits per heavy atom. The molecule has 0 unspecified atom stereocenters. The van der Waals surface area contributed by atoms with E-state index in [4.69, 9.17) is 31.7 Å². The van der Waals surface area contributed by atoms with Crippen LogP contribution in [0.3, 0.4) is 0 Å². The fourth-order valence-corrected chi connectivity index (χ4v) is 3.39. The van der Waals surface area contributed by atoms with Crippen LogP contribution in [0, 0.1) is 0 Å². The van der Waals surface area contributed by atoms with Gasteiger partial charge in [-0.1, -0.05) is 42.5 Å². The summed E-state index contributed by atoms with van der Waals surface area (Å²) >= 11 is 6.90. The molecule has 0 aliphatic carbocycles. The molecule has 0 atom stereocenters. The van der Waals surface area contributed by atoms with Crippen molar-refractivity contribution < 1.29 is 9.47 Å². The summed E-state index contributed by atoms with van der Waals surface area (Å²) in [7, 11) is 7.06. The van der Waals surface area contributed by atoms with Crippen molar-refractivity contribution in [3.05, 3.63) is 42.5 Å². The summed E-state index contributed by atoms with van der Waals surface area (Å²) in [5.74, 6) is 1.91. The van der Waals surface area contributed by atoms with Gasteiger partial charge in [0.1, 0.15) is 9.35 Å². The van der Waals surface area contributed by atoms with Gasteiger partial charge in [0.05, 0.1) is 19.7 Å². The van der Waals surface area contributed by atoms with Gasteiger partial charge in [-0.05, 0) is 17.8 Å². The molecule has 3 rings (SSSR count). The second-order valence-corrected chi connectivity index (χ2v) is 7.33. The van der Waals surface area contributed by atoms with Gasteiger partial charge in [-0.15, -0.1) is 0 Å². The van der Waals surface area contributed by atoms with Crippen LogP contribution in [-0.2, 0) is 0 Å². The molecule has 0 aliphatic rings. The number of thiocarbonyl (C=S) groups is 1. The number of nitrogens with zero attached hydrogens (tertiary/aromatic N) is 3. The molecule has 0 fully saturated rings. The molecule has 2 aromatic carbocycles. The molecule has 3 aromatic rings. The summed E-state index contributed by atoms with van der Waals surface area (Å²) < 4.78 is 11.6. The zero-order valence-corrected chi connectivity index (χ0v) is 16.6. The first-order chi connectivity index (χ1) is 12.5. The number of methoxy groups -OCH3 is 2. The van der Waals surface area contributed by atoms with Crippen molar-refractivity contribution in [2.75, 3.05) is 28.3 Å². The van der Waals surface area contributed by atoms with Crippen molar-refractivity contribution in [3.63, 3.8) is 0 Å². The monoisotopic (exact) mass is 385 g/mol. The highest BCUT2D eigenvalue weighted by Crippen LogP contribution is 2.37. The van der Waals surface area contributed by atoms with Crippen molar-refractivity contribution in [1.82, 2.24) is 14.9 Å². The minimum Gasteiger partial charge on any atom is -0.493 e. The average molecular weight is 386 g/mol. The first kappa shape index (κ1) is 18.4. The molecule has 0 saturated heterocycles. The molecule has 0 N–H and O–H groups in total. The maximum absolute atomic E-state index is 5.47. The maximum atomic E-state index is 5.47. The van der Waals surface area contributed by atoms with E-state index in [1.165, 1.54) is 11.8 Å². The van der Waals surface area contributed by atoms with Gasteiger partial charge in [0, 0.05) is 31.1 Å². The molecule has 0 saturated carbocycles. The largest absolute Gasteiger partial charge is 0.493 e. The van der Waals surface area contributed by atoms with Crippen LogP contribution in [0.25, 0.3) is 22.3 Å². The van der Waals surface area contributed by atoms with Crippen LogP contribution in [0.5, 0.6) is 11.5 Å². The molecule has 1 heterocycles. The van der Waals surface area contributed by atoms with Gasteiger partial charge in [0.25, 0.3) is 0 Å². The Hall–Kier alpha value is -2.38. The Bertz CT molecular complexity index is 946. The predicted octanol–water partition coefficient (Wildman–Crippen LogP) is 4.25. The fraction of sp³-hybridized carbons (Fsp3) is 0.211. The summed E-state index contributed by atoms with van der Waals surface area (Å²) in [5, 5.41) is 1.66. The third kappa shape index (κ3) is 3.73. The Morgan fingerprint density at radius 3 is 2.27 bits per heavy atom. The Balaban J connectivity index is 2.24. The first-order valence-electron chi connectivity index (χ1n) is 7.91. The van der Waals surface area contributed by atoms with Gasteiger partial charge >= 0.3 is 0 Å². The topological polar surface area (TPSA) is 47.5 Å². The first-order valence-corrected chi connectivity index (χ1v) is 9.14. The van der Waals surface area contributed by atoms with Crippen LogP contribution in [0.15, 0.2) is 47.5 Å². The lowest BCUT2D eigenvalue weighted by molar-refractivity contribution is 0.355. The number of benzene rings is 2. The van der Waals surface area contributed by atoms with E-state index in [0.29, 0.717) is 17.3 Å². The highest BCUT2D eigenvalue weighted by Gasteiger charge is 2.16. The highest BCUT2D eigenvalue weighted by molar-refractivity contribution is 8.23. The number of hydrogen-bond donors (Lipinski definition) is 0. The molecule has 1 aromatic heterocycles. The van der Waals surface area contributed by atoms with Crippen LogP contribution in [0.1, 0.15) is 0 Å². The molecular weight excluding hydrogens is 366 g/mol. The second-order valence-electron chi connectivity index (χ2n) is 5.71. The van der Waals surface area contributed by atoms with Crippen LogP contribution < -0.4 is 9.47 Å². The quantitative estimate of drug-likeness (QED) is 0.378. The number of hydrogen-bond acceptors (Lipinski definition) is 6. The Labute approximate surface area is 162 Å². The van der Waals surface area contributed by atoms with Crippen molar-refractivity contribution >= 4 is 39.2 Å². The van der Waals surface area contributed by atoms with Gasteiger partial charge in [-0.25, -0.2) is 9.97 Å². The molecule has 0 radical (unpaired) electrons. The van der Waals surface area contributed by atoms with Crippen LogP contribution in [0.2, 0.25) is 0 Å². The minimum atomic E-state index is 0.629. The van der Waals surface area contributed by atoms with E-state index in [1.54, 1.807) is 14.2 Å². The Morgan fingerprint density at radius 2 is 1.65 bits per heavy atom. The molecule has 134 valence electrons.